The van der Waals surface area contributed by atoms with Crippen molar-refractivity contribution in [1.82, 2.24) is 14.8 Å². The Kier molecular flexibility index (Phi) is 7.93. The van der Waals surface area contributed by atoms with Crippen LogP contribution in [0.4, 0.5) is 18.9 Å². The molecule has 10 heteroatoms. The van der Waals surface area contributed by atoms with Gasteiger partial charge in [-0.1, -0.05) is 19.9 Å². The summed E-state index contributed by atoms with van der Waals surface area (Å²) in [6, 6.07) is 8.24. The van der Waals surface area contributed by atoms with Gasteiger partial charge >= 0.3 is 6.18 Å². The molecule has 180 valence electrons. The van der Waals surface area contributed by atoms with Crippen LogP contribution in [0.3, 0.4) is 0 Å². The number of anilines is 1. The molecule has 0 spiro atoms. The van der Waals surface area contributed by atoms with Gasteiger partial charge in [0.1, 0.15) is 12.7 Å². The third kappa shape index (κ3) is 6.60. The van der Waals surface area contributed by atoms with Crippen molar-refractivity contribution >= 4 is 17.7 Å². The summed E-state index contributed by atoms with van der Waals surface area (Å²) in [5, 5.41) is 6.43. The van der Waals surface area contributed by atoms with Crippen molar-refractivity contribution in [2.45, 2.75) is 26.9 Å². The highest BCUT2D eigenvalue weighted by Gasteiger charge is 2.31. The fraction of sp³-hybridized carbons (Fsp3) is 0.292. The molecule has 0 atom stereocenters. The number of carbonyl (C=O) groups is 1. The third-order valence-electron chi connectivity index (χ3n) is 4.51. The van der Waals surface area contributed by atoms with Crippen molar-refractivity contribution < 1.29 is 27.4 Å². The van der Waals surface area contributed by atoms with Gasteiger partial charge < -0.3 is 14.8 Å². The quantitative estimate of drug-likeness (QED) is 0.422. The number of hydrogen-bond donors (Lipinski definition) is 1. The molecule has 1 amide bonds. The van der Waals surface area contributed by atoms with E-state index < -0.39 is 17.6 Å². The lowest BCUT2D eigenvalue weighted by molar-refractivity contribution is -0.137. The van der Waals surface area contributed by atoms with E-state index in [-0.39, 0.29) is 11.4 Å². The summed E-state index contributed by atoms with van der Waals surface area (Å²) in [7, 11) is 0. The molecule has 0 bridgehead atoms. The first-order valence-corrected chi connectivity index (χ1v) is 10.6. The Morgan fingerprint density at radius 1 is 1.15 bits per heavy atom. The predicted molar refractivity (Wildman–Crippen MR) is 122 cm³/mol. The van der Waals surface area contributed by atoms with Crippen molar-refractivity contribution in [2.75, 3.05) is 18.5 Å². The monoisotopic (exact) mass is 474 g/mol. The van der Waals surface area contributed by atoms with E-state index in [1.165, 1.54) is 35.6 Å². The van der Waals surface area contributed by atoms with Crippen molar-refractivity contribution in [3.8, 4) is 17.2 Å². The van der Waals surface area contributed by atoms with Crippen LogP contribution >= 0.6 is 0 Å². The molecule has 0 fully saturated rings. The number of ether oxygens (including phenoxy) is 2. The van der Waals surface area contributed by atoms with Crippen LogP contribution in [0.15, 0.2) is 55.1 Å². The number of rotatable bonds is 9. The number of amides is 1. The summed E-state index contributed by atoms with van der Waals surface area (Å²) in [6.07, 6.45) is 0.767. The normalized spacial score (nSPS) is 11.7. The molecule has 34 heavy (non-hydrogen) atoms. The number of aromatic nitrogens is 3. The van der Waals surface area contributed by atoms with Gasteiger partial charge in [-0.05, 0) is 54.8 Å². The molecule has 3 aromatic rings. The Labute approximate surface area is 195 Å². The molecule has 1 aromatic heterocycles. The topological polar surface area (TPSA) is 78.3 Å². The SMILES string of the molecule is CCOc1cc(/C=C/C(=O)Nc2cc(C(F)(F)F)ccc2-n2cncn2)ccc1OCC(C)C. The van der Waals surface area contributed by atoms with Crippen LogP contribution in [0.25, 0.3) is 11.8 Å². The number of carbonyl (C=O) groups excluding carboxylic acids is 1. The summed E-state index contributed by atoms with van der Waals surface area (Å²) >= 11 is 0. The summed E-state index contributed by atoms with van der Waals surface area (Å²) in [4.78, 5) is 16.3. The van der Waals surface area contributed by atoms with Crippen LogP contribution in [-0.4, -0.2) is 33.9 Å². The van der Waals surface area contributed by atoms with Crippen molar-refractivity contribution in [3.05, 3.63) is 66.3 Å². The fourth-order valence-electron chi connectivity index (χ4n) is 2.96. The molecular formula is C24H25F3N4O3. The van der Waals surface area contributed by atoms with Crippen molar-refractivity contribution in [1.29, 1.82) is 0 Å². The average Bonchev–Trinajstić information content (AvgIpc) is 3.31. The highest BCUT2D eigenvalue weighted by atomic mass is 19.4. The molecule has 0 aliphatic carbocycles. The van der Waals surface area contributed by atoms with E-state index in [0.717, 1.165) is 12.1 Å². The third-order valence-corrected chi connectivity index (χ3v) is 4.51. The summed E-state index contributed by atoms with van der Waals surface area (Å²) in [5.74, 6) is 0.866. The largest absolute Gasteiger partial charge is 0.490 e. The molecule has 7 nitrogen and oxygen atoms in total. The highest BCUT2D eigenvalue weighted by molar-refractivity contribution is 6.03. The van der Waals surface area contributed by atoms with Crippen LogP contribution < -0.4 is 14.8 Å². The summed E-state index contributed by atoms with van der Waals surface area (Å²) < 4.78 is 52.3. The number of hydrogen-bond acceptors (Lipinski definition) is 5. The van der Waals surface area contributed by atoms with Gasteiger partial charge in [0.2, 0.25) is 5.91 Å². The Bertz CT molecular complexity index is 1140. The van der Waals surface area contributed by atoms with E-state index >= 15 is 0 Å². The molecule has 2 aromatic carbocycles. The van der Waals surface area contributed by atoms with Gasteiger partial charge in [-0.3, -0.25) is 4.79 Å². The van der Waals surface area contributed by atoms with Crippen LogP contribution in [0.1, 0.15) is 31.9 Å². The Balaban J connectivity index is 1.81. The Morgan fingerprint density at radius 2 is 1.94 bits per heavy atom. The lowest BCUT2D eigenvalue weighted by atomic mass is 10.1. The number of benzene rings is 2. The number of alkyl halides is 3. The summed E-state index contributed by atoms with van der Waals surface area (Å²) in [6.45, 7) is 6.89. The van der Waals surface area contributed by atoms with Crippen LogP contribution in [0.2, 0.25) is 0 Å². The lowest BCUT2D eigenvalue weighted by Gasteiger charge is -2.14. The van der Waals surface area contributed by atoms with E-state index in [2.05, 4.69) is 15.4 Å². The standard InChI is InChI=1S/C24H25F3N4O3/c1-4-33-22-11-17(5-9-21(22)34-13-16(2)3)6-10-23(32)30-19-12-18(24(25,26)27)7-8-20(19)31-15-28-14-29-31/h5-12,14-16H,4,13H2,1-3H3,(H,30,32)/b10-6+. The zero-order valence-corrected chi connectivity index (χ0v) is 19.0. The average molecular weight is 474 g/mol. The first-order valence-electron chi connectivity index (χ1n) is 10.6. The zero-order chi connectivity index (χ0) is 24.7. The number of nitrogens with zero attached hydrogens (tertiary/aromatic N) is 3. The number of nitrogens with one attached hydrogen (secondary N) is 1. The molecule has 0 saturated carbocycles. The Hall–Kier alpha value is -3.82. The van der Waals surface area contributed by atoms with Crippen LogP contribution in [0, 0.1) is 5.92 Å². The van der Waals surface area contributed by atoms with Crippen LogP contribution in [-0.2, 0) is 11.0 Å². The second kappa shape index (κ2) is 10.9. The first-order chi connectivity index (χ1) is 16.2. The van der Waals surface area contributed by atoms with E-state index in [9.17, 15) is 18.0 Å². The van der Waals surface area contributed by atoms with Crippen molar-refractivity contribution in [3.63, 3.8) is 0 Å². The first kappa shape index (κ1) is 24.8. The maximum atomic E-state index is 13.2. The van der Waals surface area contributed by atoms with Gasteiger partial charge in [0.25, 0.3) is 0 Å². The van der Waals surface area contributed by atoms with E-state index in [1.807, 2.05) is 20.8 Å². The van der Waals surface area contributed by atoms with Gasteiger partial charge in [-0.25, -0.2) is 9.67 Å². The van der Waals surface area contributed by atoms with Crippen molar-refractivity contribution in [2.24, 2.45) is 5.92 Å². The van der Waals surface area contributed by atoms with Crippen LogP contribution in [0.5, 0.6) is 11.5 Å². The van der Waals surface area contributed by atoms with Gasteiger partial charge in [0.15, 0.2) is 11.5 Å². The molecule has 1 heterocycles. The molecule has 3 rings (SSSR count). The van der Waals surface area contributed by atoms with E-state index in [4.69, 9.17) is 9.47 Å². The molecule has 0 unspecified atom stereocenters. The van der Waals surface area contributed by atoms with Gasteiger partial charge in [0.05, 0.1) is 30.2 Å². The minimum Gasteiger partial charge on any atom is -0.490 e. The van der Waals surface area contributed by atoms with Gasteiger partial charge in [-0.2, -0.15) is 18.3 Å². The summed E-state index contributed by atoms with van der Waals surface area (Å²) in [5.41, 5.74) is -0.0371. The maximum Gasteiger partial charge on any atom is 0.416 e. The van der Waals surface area contributed by atoms with Gasteiger partial charge in [-0.15, -0.1) is 0 Å². The molecule has 1 N–H and O–H groups in total. The lowest BCUT2D eigenvalue weighted by Crippen LogP contribution is -2.13. The Morgan fingerprint density at radius 3 is 2.59 bits per heavy atom. The second-order valence-electron chi connectivity index (χ2n) is 7.74. The molecule has 0 radical (unpaired) electrons. The molecule has 0 saturated heterocycles. The molecular weight excluding hydrogens is 449 g/mol. The minimum absolute atomic E-state index is 0.0533. The number of halogens is 3. The zero-order valence-electron chi connectivity index (χ0n) is 19.0. The molecule has 0 aliphatic heterocycles. The highest BCUT2D eigenvalue weighted by Crippen LogP contribution is 2.33. The van der Waals surface area contributed by atoms with Gasteiger partial charge in [0, 0.05) is 6.08 Å². The smallest absolute Gasteiger partial charge is 0.416 e. The van der Waals surface area contributed by atoms with E-state index in [1.54, 1.807) is 18.2 Å². The fourth-order valence-corrected chi connectivity index (χ4v) is 2.96. The predicted octanol–water partition coefficient (Wildman–Crippen LogP) is 5.37. The maximum absolute atomic E-state index is 13.2. The minimum atomic E-state index is -4.56. The molecule has 0 aliphatic rings. The second-order valence-corrected chi connectivity index (χ2v) is 7.74. The van der Waals surface area contributed by atoms with E-state index in [0.29, 0.717) is 36.2 Å².